The molecule has 3 rings (SSSR count). The number of benzene rings is 1. The van der Waals surface area contributed by atoms with Crippen molar-refractivity contribution in [1.29, 1.82) is 0 Å². The van der Waals surface area contributed by atoms with Crippen LogP contribution in [0.4, 0.5) is 4.79 Å². The monoisotopic (exact) mass is 367 g/mol. The first-order chi connectivity index (χ1) is 13.2. The van der Waals surface area contributed by atoms with Crippen molar-refractivity contribution in [3.63, 3.8) is 0 Å². The molecular weight excluding hydrogens is 346 g/mol. The molecule has 0 saturated carbocycles. The first kappa shape index (κ1) is 18.6. The van der Waals surface area contributed by atoms with Crippen LogP contribution in [0.25, 0.3) is 0 Å². The van der Waals surface area contributed by atoms with Crippen molar-refractivity contribution in [2.75, 3.05) is 6.54 Å². The number of hydrogen-bond donors (Lipinski definition) is 1. The van der Waals surface area contributed by atoms with Gasteiger partial charge in [-0.25, -0.2) is 4.79 Å². The number of pyridine rings is 1. The van der Waals surface area contributed by atoms with Gasteiger partial charge >= 0.3 is 6.09 Å². The Balaban J connectivity index is 1.71. The van der Waals surface area contributed by atoms with Crippen molar-refractivity contribution in [2.24, 2.45) is 0 Å². The van der Waals surface area contributed by atoms with Gasteiger partial charge in [0, 0.05) is 24.5 Å². The molecule has 1 aromatic carbocycles. The zero-order valence-corrected chi connectivity index (χ0v) is 14.8. The largest absolute Gasteiger partial charge is 0.445 e. The summed E-state index contributed by atoms with van der Waals surface area (Å²) in [6.45, 7) is 0.584. The van der Waals surface area contributed by atoms with Gasteiger partial charge in [-0.3, -0.25) is 9.78 Å². The molecule has 1 N–H and O–H groups in total. The lowest BCUT2D eigenvalue weighted by atomic mass is 10.1. The van der Waals surface area contributed by atoms with Gasteiger partial charge in [0.1, 0.15) is 18.9 Å². The average molecular weight is 367 g/mol. The minimum atomic E-state index is -0.956. The van der Waals surface area contributed by atoms with Crippen LogP contribution < -0.4 is 5.32 Å². The normalized spacial score (nSPS) is 17.2. The van der Waals surface area contributed by atoms with Crippen molar-refractivity contribution in [1.82, 2.24) is 15.2 Å². The number of hydrogen-bond acceptors (Lipinski definition) is 5. The second-order valence-electron chi connectivity index (χ2n) is 6.30. The van der Waals surface area contributed by atoms with Crippen molar-refractivity contribution >= 4 is 18.3 Å². The Labute approximate surface area is 157 Å². The van der Waals surface area contributed by atoms with Crippen LogP contribution >= 0.6 is 0 Å². The van der Waals surface area contributed by atoms with Crippen molar-refractivity contribution in [3.8, 4) is 0 Å². The van der Waals surface area contributed by atoms with E-state index >= 15 is 0 Å². The standard InChI is InChI=1S/C20H21N3O4/c24-13-17-9-5-11-23(17)19(25)18(16-8-4-10-21-12-16)22-20(26)27-14-15-6-2-1-3-7-15/h1-4,6-8,10,12-13,17-18H,5,9,11,14H2,(H,22,26)/t17-,18?/m0/s1. The molecule has 27 heavy (non-hydrogen) atoms. The molecule has 7 heteroatoms. The molecule has 1 fully saturated rings. The molecule has 1 unspecified atom stereocenters. The summed E-state index contributed by atoms with van der Waals surface area (Å²) in [5, 5.41) is 2.62. The van der Waals surface area contributed by atoms with E-state index in [9.17, 15) is 14.4 Å². The van der Waals surface area contributed by atoms with Gasteiger partial charge in [-0.15, -0.1) is 0 Å². The number of aromatic nitrogens is 1. The Bertz CT molecular complexity index is 782. The molecule has 2 amide bonds. The van der Waals surface area contributed by atoms with Gasteiger partial charge in [-0.2, -0.15) is 0 Å². The number of likely N-dealkylation sites (tertiary alicyclic amines) is 1. The maximum atomic E-state index is 13.0. The molecule has 140 valence electrons. The van der Waals surface area contributed by atoms with E-state index in [2.05, 4.69) is 10.3 Å². The number of nitrogens with one attached hydrogen (secondary N) is 1. The quantitative estimate of drug-likeness (QED) is 0.791. The lowest BCUT2D eigenvalue weighted by Crippen LogP contribution is -2.45. The lowest BCUT2D eigenvalue weighted by molar-refractivity contribution is -0.136. The van der Waals surface area contributed by atoms with Gasteiger partial charge in [0.25, 0.3) is 5.91 Å². The third kappa shape index (κ3) is 4.69. The number of carbonyl (C=O) groups excluding carboxylic acids is 3. The van der Waals surface area contributed by atoms with Crippen LogP contribution in [-0.4, -0.2) is 40.8 Å². The van der Waals surface area contributed by atoms with Crippen LogP contribution in [0.15, 0.2) is 54.9 Å². The number of ether oxygens (including phenoxy) is 1. The van der Waals surface area contributed by atoms with Gasteiger partial charge in [0.15, 0.2) is 0 Å². The molecule has 0 bridgehead atoms. The molecule has 7 nitrogen and oxygen atoms in total. The summed E-state index contributed by atoms with van der Waals surface area (Å²) >= 11 is 0. The maximum Gasteiger partial charge on any atom is 0.408 e. The van der Waals surface area contributed by atoms with E-state index in [0.717, 1.165) is 18.3 Å². The molecule has 1 aliphatic heterocycles. The van der Waals surface area contributed by atoms with Crippen LogP contribution in [-0.2, 0) is 20.9 Å². The lowest BCUT2D eigenvalue weighted by Gasteiger charge is -2.26. The SMILES string of the molecule is O=C[C@@H]1CCCN1C(=O)C(NC(=O)OCc1ccccc1)c1cccnc1. The second kappa shape index (κ2) is 8.93. The Kier molecular flexibility index (Phi) is 6.14. The molecular formula is C20H21N3O4. The third-order valence-corrected chi connectivity index (χ3v) is 4.48. The van der Waals surface area contributed by atoms with E-state index < -0.39 is 18.2 Å². The van der Waals surface area contributed by atoms with Gasteiger partial charge in [-0.1, -0.05) is 36.4 Å². The summed E-state index contributed by atoms with van der Waals surface area (Å²) in [6.07, 6.45) is 4.57. The smallest absolute Gasteiger partial charge is 0.408 e. The van der Waals surface area contributed by atoms with E-state index in [-0.39, 0.29) is 12.5 Å². The van der Waals surface area contributed by atoms with E-state index in [4.69, 9.17) is 4.74 Å². The number of rotatable bonds is 6. The van der Waals surface area contributed by atoms with Crippen LogP contribution in [0.1, 0.15) is 30.0 Å². The maximum absolute atomic E-state index is 13.0. The highest BCUT2D eigenvalue weighted by atomic mass is 16.5. The summed E-state index contributed by atoms with van der Waals surface area (Å²) in [6, 6.07) is 11.2. The fourth-order valence-corrected chi connectivity index (χ4v) is 3.09. The van der Waals surface area contributed by atoms with Gasteiger partial charge in [0.05, 0.1) is 6.04 Å². The summed E-state index contributed by atoms with van der Waals surface area (Å²) in [7, 11) is 0. The fraction of sp³-hybridized carbons (Fsp3) is 0.300. The number of nitrogens with zero attached hydrogens (tertiary/aromatic N) is 2. The summed E-state index contributed by atoms with van der Waals surface area (Å²) < 4.78 is 5.24. The highest BCUT2D eigenvalue weighted by Crippen LogP contribution is 2.22. The third-order valence-electron chi connectivity index (χ3n) is 4.48. The van der Waals surface area contributed by atoms with Crippen molar-refractivity contribution in [2.45, 2.75) is 31.5 Å². The van der Waals surface area contributed by atoms with E-state index in [1.165, 1.54) is 11.1 Å². The molecule has 0 aliphatic carbocycles. The molecule has 2 atom stereocenters. The van der Waals surface area contributed by atoms with E-state index in [0.29, 0.717) is 18.5 Å². The zero-order valence-electron chi connectivity index (χ0n) is 14.8. The van der Waals surface area contributed by atoms with E-state index in [1.54, 1.807) is 18.3 Å². The van der Waals surface area contributed by atoms with Crippen LogP contribution in [0.5, 0.6) is 0 Å². The van der Waals surface area contributed by atoms with Gasteiger partial charge in [-0.05, 0) is 24.5 Å². The molecule has 2 aromatic rings. The van der Waals surface area contributed by atoms with Gasteiger partial charge in [0.2, 0.25) is 0 Å². The number of amides is 2. The Hall–Kier alpha value is -3.22. The predicted octanol–water partition coefficient (Wildman–Crippen LogP) is 2.24. The topological polar surface area (TPSA) is 88.6 Å². The van der Waals surface area contributed by atoms with Crippen LogP contribution in [0.3, 0.4) is 0 Å². The van der Waals surface area contributed by atoms with Crippen LogP contribution in [0, 0.1) is 0 Å². The Morgan fingerprint density at radius 1 is 1.26 bits per heavy atom. The summed E-state index contributed by atoms with van der Waals surface area (Å²) in [5.41, 5.74) is 1.38. The predicted molar refractivity (Wildman–Crippen MR) is 97.5 cm³/mol. The summed E-state index contributed by atoms with van der Waals surface area (Å²) in [4.78, 5) is 42.0. The van der Waals surface area contributed by atoms with Gasteiger partial charge < -0.3 is 19.7 Å². The first-order valence-electron chi connectivity index (χ1n) is 8.82. The Morgan fingerprint density at radius 3 is 2.78 bits per heavy atom. The first-order valence-corrected chi connectivity index (χ1v) is 8.82. The second-order valence-corrected chi connectivity index (χ2v) is 6.30. The zero-order chi connectivity index (χ0) is 19.1. The number of carbonyl (C=O) groups is 3. The van der Waals surface area contributed by atoms with Crippen molar-refractivity contribution < 1.29 is 19.1 Å². The minimum Gasteiger partial charge on any atom is -0.445 e. The summed E-state index contributed by atoms with van der Waals surface area (Å²) in [5.74, 6) is -0.339. The number of alkyl carbamates (subject to hydrolysis) is 1. The highest BCUT2D eigenvalue weighted by molar-refractivity contribution is 5.89. The molecule has 0 radical (unpaired) electrons. The molecule has 0 spiro atoms. The molecule has 1 aliphatic rings. The number of aldehydes is 1. The minimum absolute atomic E-state index is 0.0985. The van der Waals surface area contributed by atoms with Crippen LogP contribution in [0.2, 0.25) is 0 Å². The highest BCUT2D eigenvalue weighted by Gasteiger charge is 2.34. The molecule has 1 saturated heterocycles. The molecule has 2 heterocycles. The average Bonchev–Trinajstić information content (AvgIpc) is 3.20. The molecule has 1 aromatic heterocycles. The van der Waals surface area contributed by atoms with E-state index in [1.807, 2.05) is 30.3 Å². The van der Waals surface area contributed by atoms with Crippen molar-refractivity contribution in [3.05, 3.63) is 66.0 Å². The fourth-order valence-electron chi connectivity index (χ4n) is 3.09. The Morgan fingerprint density at radius 2 is 2.07 bits per heavy atom.